The van der Waals surface area contributed by atoms with Crippen molar-refractivity contribution in [3.05, 3.63) is 46.0 Å². The van der Waals surface area contributed by atoms with E-state index in [1.54, 1.807) is 0 Å². The fraction of sp³-hybridized carbons (Fsp3) is 0.500. The Morgan fingerprint density at radius 1 is 1.14 bits per heavy atom. The standard InChI is InChI=1S/C16H20BrN3O/c17-13-8-4-3-7-12(13)11-14-19-15(21-20-14)16(18)9-5-1-2-6-10-16/h3-4,7-8H,1-2,5-6,9-11,18H2. The zero-order valence-electron chi connectivity index (χ0n) is 12.0. The van der Waals surface area contributed by atoms with Crippen LogP contribution in [0.3, 0.4) is 0 Å². The van der Waals surface area contributed by atoms with Crippen LogP contribution in [0.5, 0.6) is 0 Å². The summed E-state index contributed by atoms with van der Waals surface area (Å²) in [5, 5.41) is 4.12. The van der Waals surface area contributed by atoms with Crippen LogP contribution in [0.2, 0.25) is 0 Å². The van der Waals surface area contributed by atoms with Crippen molar-refractivity contribution in [2.24, 2.45) is 5.73 Å². The molecular weight excluding hydrogens is 330 g/mol. The van der Waals surface area contributed by atoms with Crippen LogP contribution in [0.15, 0.2) is 33.3 Å². The Morgan fingerprint density at radius 2 is 1.86 bits per heavy atom. The molecule has 1 heterocycles. The predicted molar refractivity (Wildman–Crippen MR) is 84.8 cm³/mol. The molecule has 0 bridgehead atoms. The number of rotatable bonds is 3. The molecule has 2 aromatic rings. The quantitative estimate of drug-likeness (QED) is 0.852. The molecule has 1 aliphatic rings. The van der Waals surface area contributed by atoms with Crippen molar-refractivity contribution in [1.82, 2.24) is 10.1 Å². The van der Waals surface area contributed by atoms with Gasteiger partial charge in [-0.15, -0.1) is 0 Å². The highest BCUT2D eigenvalue weighted by atomic mass is 79.9. The lowest BCUT2D eigenvalue weighted by atomic mass is 9.91. The maximum absolute atomic E-state index is 6.51. The number of nitrogens with two attached hydrogens (primary N) is 1. The van der Waals surface area contributed by atoms with Gasteiger partial charge in [0, 0.05) is 10.9 Å². The van der Waals surface area contributed by atoms with Crippen molar-refractivity contribution in [2.45, 2.75) is 50.5 Å². The van der Waals surface area contributed by atoms with Gasteiger partial charge in [0.15, 0.2) is 5.82 Å². The summed E-state index contributed by atoms with van der Waals surface area (Å²) in [6, 6.07) is 8.09. The van der Waals surface area contributed by atoms with E-state index in [0.717, 1.165) is 35.7 Å². The fourth-order valence-corrected chi connectivity index (χ4v) is 3.34. The zero-order valence-corrected chi connectivity index (χ0v) is 13.6. The number of nitrogens with zero attached hydrogens (tertiary/aromatic N) is 2. The number of aromatic nitrogens is 2. The minimum absolute atomic E-state index is 0.435. The van der Waals surface area contributed by atoms with Gasteiger partial charge in [-0.2, -0.15) is 4.98 Å². The molecule has 21 heavy (non-hydrogen) atoms. The molecule has 0 spiro atoms. The summed E-state index contributed by atoms with van der Waals surface area (Å²) in [6.45, 7) is 0. The molecular formula is C16H20BrN3O. The average Bonchev–Trinajstić information content (AvgIpc) is 2.84. The molecule has 2 N–H and O–H groups in total. The van der Waals surface area contributed by atoms with Gasteiger partial charge in [-0.25, -0.2) is 0 Å². The van der Waals surface area contributed by atoms with E-state index in [1.165, 1.54) is 12.8 Å². The van der Waals surface area contributed by atoms with Crippen molar-refractivity contribution in [3.8, 4) is 0 Å². The summed E-state index contributed by atoms with van der Waals surface area (Å²) >= 11 is 3.55. The lowest BCUT2D eigenvalue weighted by molar-refractivity contribution is 0.256. The van der Waals surface area contributed by atoms with Gasteiger partial charge in [0.05, 0.1) is 5.54 Å². The van der Waals surface area contributed by atoms with Gasteiger partial charge < -0.3 is 10.3 Å². The number of hydrogen-bond acceptors (Lipinski definition) is 4. The Labute approximate surface area is 133 Å². The van der Waals surface area contributed by atoms with E-state index in [-0.39, 0.29) is 0 Å². The van der Waals surface area contributed by atoms with Crippen molar-refractivity contribution >= 4 is 15.9 Å². The fourth-order valence-electron chi connectivity index (χ4n) is 2.91. The Balaban J connectivity index is 1.78. The molecule has 1 saturated carbocycles. The second-order valence-corrected chi connectivity index (χ2v) is 6.71. The molecule has 1 fully saturated rings. The van der Waals surface area contributed by atoms with Gasteiger partial charge in [-0.3, -0.25) is 0 Å². The van der Waals surface area contributed by atoms with Crippen LogP contribution >= 0.6 is 15.9 Å². The first-order chi connectivity index (χ1) is 10.2. The molecule has 1 aliphatic carbocycles. The highest BCUT2D eigenvalue weighted by molar-refractivity contribution is 9.10. The van der Waals surface area contributed by atoms with E-state index >= 15 is 0 Å². The highest BCUT2D eigenvalue weighted by Crippen LogP contribution is 2.32. The first kappa shape index (κ1) is 14.7. The van der Waals surface area contributed by atoms with E-state index < -0.39 is 5.54 Å². The molecule has 1 aromatic carbocycles. The molecule has 0 radical (unpaired) electrons. The first-order valence-electron chi connectivity index (χ1n) is 7.53. The normalized spacial score (nSPS) is 18.4. The van der Waals surface area contributed by atoms with Crippen LogP contribution in [-0.2, 0) is 12.0 Å². The van der Waals surface area contributed by atoms with E-state index in [4.69, 9.17) is 10.3 Å². The Morgan fingerprint density at radius 3 is 2.57 bits per heavy atom. The maximum Gasteiger partial charge on any atom is 0.246 e. The summed E-state index contributed by atoms with van der Waals surface area (Å²) in [5.41, 5.74) is 7.23. The van der Waals surface area contributed by atoms with E-state index in [0.29, 0.717) is 18.1 Å². The summed E-state index contributed by atoms with van der Waals surface area (Å²) in [6.07, 6.45) is 7.29. The van der Waals surface area contributed by atoms with Crippen molar-refractivity contribution < 1.29 is 4.52 Å². The zero-order chi connectivity index (χ0) is 14.7. The monoisotopic (exact) mass is 349 g/mol. The van der Waals surface area contributed by atoms with Crippen molar-refractivity contribution in [1.29, 1.82) is 0 Å². The van der Waals surface area contributed by atoms with E-state index in [9.17, 15) is 0 Å². The molecule has 0 atom stereocenters. The molecule has 0 amide bonds. The van der Waals surface area contributed by atoms with Crippen LogP contribution < -0.4 is 5.73 Å². The molecule has 1 aromatic heterocycles. The first-order valence-corrected chi connectivity index (χ1v) is 8.32. The Bertz CT molecular complexity index is 603. The number of benzene rings is 1. The minimum Gasteiger partial charge on any atom is -0.337 e. The lowest BCUT2D eigenvalue weighted by Gasteiger charge is -2.22. The molecule has 3 rings (SSSR count). The van der Waals surface area contributed by atoms with E-state index in [1.807, 2.05) is 18.2 Å². The smallest absolute Gasteiger partial charge is 0.246 e. The third-order valence-electron chi connectivity index (χ3n) is 4.20. The second kappa shape index (κ2) is 6.28. The molecule has 0 saturated heterocycles. The third kappa shape index (κ3) is 3.35. The van der Waals surface area contributed by atoms with Crippen molar-refractivity contribution in [3.63, 3.8) is 0 Å². The summed E-state index contributed by atoms with van der Waals surface area (Å²) in [5.74, 6) is 1.30. The molecule has 5 heteroatoms. The summed E-state index contributed by atoms with van der Waals surface area (Å²) in [4.78, 5) is 4.56. The van der Waals surface area contributed by atoms with Crippen LogP contribution in [0.1, 0.15) is 55.8 Å². The Hall–Kier alpha value is -1.20. The van der Waals surface area contributed by atoms with E-state index in [2.05, 4.69) is 32.1 Å². The minimum atomic E-state index is -0.435. The predicted octanol–water partition coefficient (Wildman–Crippen LogP) is 3.93. The molecule has 4 nitrogen and oxygen atoms in total. The van der Waals surface area contributed by atoms with Gasteiger partial charge >= 0.3 is 0 Å². The topological polar surface area (TPSA) is 64.9 Å². The Kier molecular flexibility index (Phi) is 4.40. The third-order valence-corrected chi connectivity index (χ3v) is 4.97. The van der Waals surface area contributed by atoms with Gasteiger partial charge in [0.2, 0.25) is 5.89 Å². The SMILES string of the molecule is NC1(c2nc(Cc3ccccc3Br)no2)CCCCCC1. The van der Waals surface area contributed by atoms with Gasteiger partial charge in [-0.05, 0) is 24.5 Å². The average molecular weight is 350 g/mol. The summed E-state index contributed by atoms with van der Waals surface area (Å²) < 4.78 is 6.54. The van der Waals surface area contributed by atoms with Gasteiger partial charge in [-0.1, -0.05) is 65.0 Å². The van der Waals surface area contributed by atoms with Crippen LogP contribution in [0.25, 0.3) is 0 Å². The number of halogens is 1. The highest BCUT2D eigenvalue weighted by Gasteiger charge is 2.34. The van der Waals surface area contributed by atoms with Gasteiger partial charge in [0.25, 0.3) is 0 Å². The molecule has 112 valence electrons. The van der Waals surface area contributed by atoms with Crippen LogP contribution in [-0.4, -0.2) is 10.1 Å². The lowest BCUT2D eigenvalue weighted by Crippen LogP contribution is -2.36. The second-order valence-electron chi connectivity index (χ2n) is 5.85. The number of hydrogen-bond donors (Lipinski definition) is 1. The van der Waals surface area contributed by atoms with Crippen LogP contribution in [0.4, 0.5) is 0 Å². The van der Waals surface area contributed by atoms with Gasteiger partial charge in [0.1, 0.15) is 0 Å². The van der Waals surface area contributed by atoms with Crippen molar-refractivity contribution in [2.75, 3.05) is 0 Å². The molecule has 0 aliphatic heterocycles. The summed E-state index contributed by atoms with van der Waals surface area (Å²) in [7, 11) is 0. The largest absolute Gasteiger partial charge is 0.337 e. The molecule has 0 unspecified atom stereocenters. The maximum atomic E-state index is 6.51. The van der Waals surface area contributed by atoms with Crippen LogP contribution in [0, 0.1) is 0 Å².